The van der Waals surface area contributed by atoms with Crippen LogP contribution in [0.15, 0.2) is 18.2 Å². The molecule has 0 bridgehead atoms. The molecule has 1 N–H and O–H groups in total. The Balaban J connectivity index is 3.01. The van der Waals surface area contributed by atoms with Gasteiger partial charge in [-0.1, -0.05) is 11.6 Å². The molecule has 0 aliphatic rings. The monoisotopic (exact) mass is 365 g/mol. The molecule has 0 fully saturated rings. The van der Waals surface area contributed by atoms with Crippen LogP contribution >= 0.6 is 11.6 Å². The fraction of sp³-hybridized carbons (Fsp3) is 0.467. The van der Waals surface area contributed by atoms with E-state index in [2.05, 4.69) is 5.32 Å². The van der Waals surface area contributed by atoms with E-state index in [1.165, 1.54) is 6.07 Å². The summed E-state index contributed by atoms with van der Waals surface area (Å²) in [5.74, 6) is -1.22. The molecule has 1 aromatic carbocycles. The maximum atomic E-state index is 13.2. The van der Waals surface area contributed by atoms with Crippen LogP contribution in [0.5, 0.6) is 0 Å². The quantitative estimate of drug-likeness (QED) is 0.842. The zero-order valence-corrected chi connectivity index (χ0v) is 14.3. The van der Waals surface area contributed by atoms with Gasteiger partial charge in [0.2, 0.25) is 11.8 Å². The zero-order chi connectivity index (χ0) is 18.5. The Hall–Kier alpha value is -1.80. The molecule has 24 heavy (non-hydrogen) atoms. The third kappa shape index (κ3) is 6.01. The summed E-state index contributed by atoms with van der Waals surface area (Å²) in [5, 5.41) is 2.45. The topological polar surface area (TPSA) is 52.7 Å². The number of hydrogen-bond acceptors (Lipinski definition) is 3. The van der Waals surface area contributed by atoms with Crippen LogP contribution in [-0.4, -0.2) is 50.4 Å². The maximum Gasteiger partial charge on any atom is 0.418 e. The first-order valence-electron chi connectivity index (χ1n) is 7.08. The van der Waals surface area contributed by atoms with E-state index < -0.39 is 35.8 Å². The minimum Gasteiger partial charge on any atom is -0.353 e. The summed E-state index contributed by atoms with van der Waals surface area (Å²) in [7, 11) is 3.63. The molecule has 0 atom stereocenters. The Bertz CT molecular complexity index is 606. The molecule has 9 heteroatoms. The first kappa shape index (κ1) is 20.2. The Labute approximate surface area is 143 Å². The molecule has 1 aromatic rings. The number of carbonyl (C=O) groups is 2. The van der Waals surface area contributed by atoms with E-state index >= 15 is 0 Å². The number of nitrogens with zero attached hydrogens (tertiary/aromatic N) is 2. The second-order valence-corrected chi connectivity index (χ2v) is 5.85. The number of nitrogens with one attached hydrogen (secondary N) is 1. The van der Waals surface area contributed by atoms with Crippen molar-refractivity contribution < 1.29 is 22.8 Å². The van der Waals surface area contributed by atoms with Crippen molar-refractivity contribution >= 4 is 29.1 Å². The lowest BCUT2D eigenvalue weighted by Gasteiger charge is -2.24. The molecular formula is C15H19ClF3N3O2. The van der Waals surface area contributed by atoms with Crippen LogP contribution in [0.3, 0.4) is 0 Å². The van der Waals surface area contributed by atoms with Gasteiger partial charge in [0.1, 0.15) is 6.54 Å². The summed E-state index contributed by atoms with van der Waals surface area (Å²) in [5.41, 5.74) is -1.46. The van der Waals surface area contributed by atoms with E-state index in [4.69, 9.17) is 11.6 Å². The number of halogens is 4. The molecule has 0 unspecified atom stereocenters. The van der Waals surface area contributed by atoms with Gasteiger partial charge in [0.25, 0.3) is 0 Å². The standard InChI is InChI=1S/C15H19ClF3N3O2/c1-10(23)22(9-14(24)20-6-7-21(2)3)13-5-4-11(16)8-12(13)15(17,18)19/h4-5,8H,6-7,9H2,1-3H3,(H,20,24). The average molecular weight is 366 g/mol. The lowest BCUT2D eigenvalue weighted by molar-refractivity contribution is -0.137. The molecule has 0 saturated heterocycles. The SMILES string of the molecule is CC(=O)N(CC(=O)NCCN(C)C)c1ccc(Cl)cc1C(F)(F)F. The molecule has 5 nitrogen and oxygen atoms in total. The van der Waals surface area contributed by atoms with Gasteiger partial charge in [-0.15, -0.1) is 0 Å². The lowest BCUT2D eigenvalue weighted by atomic mass is 10.1. The van der Waals surface area contributed by atoms with E-state index in [1.807, 2.05) is 19.0 Å². The Morgan fingerprint density at radius 3 is 2.38 bits per heavy atom. The van der Waals surface area contributed by atoms with Crippen molar-refractivity contribution in [2.45, 2.75) is 13.1 Å². The summed E-state index contributed by atoms with van der Waals surface area (Å²) < 4.78 is 39.5. The highest BCUT2D eigenvalue weighted by atomic mass is 35.5. The van der Waals surface area contributed by atoms with Gasteiger partial charge in [0.15, 0.2) is 0 Å². The van der Waals surface area contributed by atoms with Crippen molar-refractivity contribution in [3.63, 3.8) is 0 Å². The van der Waals surface area contributed by atoms with E-state index in [1.54, 1.807) is 0 Å². The lowest BCUT2D eigenvalue weighted by Crippen LogP contribution is -2.42. The predicted octanol–water partition coefficient (Wildman–Crippen LogP) is 2.39. The van der Waals surface area contributed by atoms with Gasteiger partial charge in [-0.25, -0.2) is 0 Å². The van der Waals surface area contributed by atoms with Crippen LogP contribution in [0, 0.1) is 0 Å². The van der Waals surface area contributed by atoms with Crippen molar-refractivity contribution in [2.24, 2.45) is 0 Å². The molecule has 0 radical (unpaired) electrons. The third-order valence-corrected chi connectivity index (χ3v) is 3.35. The maximum absolute atomic E-state index is 13.2. The summed E-state index contributed by atoms with van der Waals surface area (Å²) in [4.78, 5) is 26.3. The molecule has 0 aromatic heterocycles. The highest BCUT2D eigenvalue weighted by molar-refractivity contribution is 6.30. The summed E-state index contributed by atoms with van der Waals surface area (Å²) >= 11 is 5.62. The van der Waals surface area contributed by atoms with Crippen molar-refractivity contribution in [3.8, 4) is 0 Å². The fourth-order valence-electron chi connectivity index (χ4n) is 1.96. The first-order chi connectivity index (χ1) is 11.0. The third-order valence-electron chi connectivity index (χ3n) is 3.12. The molecular weight excluding hydrogens is 347 g/mol. The summed E-state index contributed by atoms with van der Waals surface area (Å²) in [6, 6.07) is 3.06. The summed E-state index contributed by atoms with van der Waals surface area (Å²) in [6.07, 6.45) is -4.70. The van der Waals surface area contributed by atoms with Gasteiger partial charge in [0, 0.05) is 25.0 Å². The number of rotatable bonds is 6. The van der Waals surface area contributed by atoms with E-state index in [0.717, 1.165) is 24.0 Å². The fourth-order valence-corrected chi connectivity index (χ4v) is 2.13. The molecule has 0 aliphatic carbocycles. The molecule has 1 rings (SSSR count). The predicted molar refractivity (Wildman–Crippen MR) is 86.0 cm³/mol. The normalized spacial score (nSPS) is 11.5. The van der Waals surface area contributed by atoms with Gasteiger partial charge >= 0.3 is 6.18 Å². The van der Waals surface area contributed by atoms with Gasteiger partial charge in [-0.3, -0.25) is 9.59 Å². The largest absolute Gasteiger partial charge is 0.418 e. The molecule has 0 aliphatic heterocycles. The van der Waals surface area contributed by atoms with Gasteiger partial charge < -0.3 is 15.1 Å². The average Bonchev–Trinajstić information content (AvgIpc) is 2.43. The van der Waals surface area contributed by atoms with Crippen LogP contribution in [0.1, 0.15) is 12.5 Å². The Morgan fingerprint density at radius 1 is 1.25 bits per heavy atom. The van der Waals surface area contributed by atoms with E-state index in [-0.39, 0.29) is 5.02 Å². The number of amides is 2. The number of anilines is 1. The van der Waals surface area contributed by atoms with E-state index in [0.29, 0.717) is 13.1 Å². The van der Waals surface area contributed by atoms with Crippen LogP contribution in [0.4, 0.5) is 18.9 Å². The second-order valence-electron chi connectivity index (χ2n) is 5.42. The van der Waals surface area contributed by atoms with Crippen LogP contribution in [-0.2, 0) is 15.8 Å². The Morgan fingerprint density at radius 2 is 1.88 bits per heavy atom. The number of hydrogen-bond donors (Lipinski definition) is 1. The molecule has 0 heterocycles. The van der Waals surface area contributed by atoms with Gasteiger partial charge in [-0.05, 0) is 32.3 Å². The highest BCUT2D eigenvalue weighted by Gasteiger charge is 2.36. The minimum atomic E-state index is -4.70. The molecule has 2 amide bonds. The van der Waals surface area contributed by atoms with Gasteiger partial charge in [-0.2, -0.15) is 13.2 Å². The number of benzene rings is 1. The van der Waals surface area contributed by atoms with Crippen molar-refractivity contribution in [2.75, 3.05) is 38.6 Å². The smallest absolute Gasteiger partial charge is 0.353 e. The molecule has 0 spiro atoms. The van der Waals surface area contributed by atoms with Gasteiger partial charge in [0.05, 0.1) is 11.3 Å². The highest BCUT2D eigenvalue weighted by Crippen LogP contribution is 2.38. The second kappa shape index (κ2) is 8.34. The van der Waals surface area contributed by atoms with Crippen molar-refractivity contribution in [1.29, 1.82) is 0 Å². The number of carbonyl (C=O) groups excluding carboxylic acids is 2. The molecule has 134 valence electrons. The number of alkyl halides is 3. The van der Waals surface area contributed by atoms with Crippen LogP contribution in [0.2, 0.25) is 5.02 Å². The van der Waals surface area contributed by atoms with Crippen LogP contribution < -0.4 is 10.2 Å². The minimum absolute atomic E-state index is 0.106. The van der Waals surface area contributed by atoms with Crippen molar-refractivity contribution in [3.05, 3.63) is 28.8 Å². The number of likely N-dealkylation sites (N-methyl/N-ethyl adjacent to an activating group) is 1. The molecule has 0 saturated carbocycles. The van der Waals surface area contributed by atoms with Crippen LogP contribution in [0.25, 0.3) is 0 Å². The zero-order valence-electron chi connectivity index (χ0n) is 13.6. The first-order valence-corrected chi connectivity index (χ1v) is 7.46. The van der Waals surface area contributed by atoms with E-state index in [9.17, 15) is 22.8 Å². The Kier molecular flexibility index (Phi) is 7.04. The van der Waals surface area contributed by atoms with Crippen molar-refractivity contribution in [1.82, 2.24) is 10.2 Å². The summed E-state index contributed by atoms with van der Waals surface area (Å²) in [6.45, 7) is 1.49.